The van der Waals surface area contributed by atoms with Crippen LogP contribution >= 0.6 is 0 Å². The maximum Gasteiger partial charge on any atom is 0.146 e. The van der Waals surface area contributed by atoms with Crippen molar-refractivity contribution in [1.82, 2.24) is 4.90 Å². The van der Waals surface area contributed by atoms with Crippen LogP contribution < -0.4 is 5.73 Å². The van der Waals surface area contributed by atoms with Crippen LogP contribution in [0.2, 0.25) is 0 Å². The number of nitrogens with zero attached hydrogens (tertiary/aromatic N) is 2. The summed E-state index contributed by atoms with van der Waals surface area (Å²) < 4.78 is 5.54. The number of hydrogen-bond acceptors (Lipinski definition) is 5. The van der Waals surface area contributed by atoms with Crippen LogP contribution in [0.15, 0.2) is 40.7 Å². The minimum absolute atomic E-state index is 0.361. The van der Waals surface area contributed by atoms with Crippen LogP contribution in [0.3, 0.4) is 0 Å². The number of benzene rings is 1. The number of nitrogens with two attached hydrogens (primary N) is 1. The predicted octanol–water partition coefficient (Wildman–Crippen LogP) is 3.36. The highest BCUT2D eigenvalue weighted by Gasteiger charge is 2.19. The van der Waals surface area contributed by atoms with Gasteiger partial charge in [0.2, 0.25) is 0 Å². The number of aliphatic imine (C=N–C) groups is 1. The van der Waals surface area contributed by atoms with E-state index >= 15 is 0 Å². The van der Waals surface area contributed by atoms with Gasteiger partial charge in [0.05, 0.1) is 29.4 Å². The van der Waals surface area contributed by atoms with Gasteiger partial charge in [0.1, 0.15) is 5.76 Å². The smallest absolute Gasteiger partial charge is 0.146 e. The molecule has 0 heterocycles. The first-order valence-corrected chi connectivity index (χ1v) is 7.62. The van der Waals surface area contributed by atoms with Gasteiger partial charge in [-0.25, -0.2) is 4.99 Å². The third-order valence-electron chi connectivity index (χ3n) is 3.90. The summed E-state index contributed by atoms with van der Waals surface area (Å²) in [7, 11) is 3.88. The van der Waals surface area contributed by atoms with Gasteiger partial charge in [-0.2, -0.15) is 0 Å². The molecule has 1 aromatic rings. The van der Waals surface area contributed by atoms with Crippen LogP contribution in [0, 0.1) is 19.3 Å². The lowest BCUT2D eigenvalue weighted by atomic mass is 10.0. The van der Waals surface area contributed by atoms with Crippen LogP contribution in [0.25, 0.3) is 0 Å². The molecule has 5 heteroatoms. The number of allylic oxidation sites excluding steroid dienone is 2. The molecule has 0 atom stereocenters. The van der Waals surface area contributed by atoms with Crippen molar-refractivity contribution in [3.05, 3.63) is 46.9 Å². The molecule has 0 bridgehead atoms. The van der Waals surface area contributed by atoms with Gasteiger partial charge in [-0.05, 0) is 50.1 Å². The highest BCUT2D eigenvalue weighted by atomic mass is 16.5. The second kappa shape index (κ2) is 6.69. The fourth-order valence-electron chi connectivity index (χ4n) is 2.36. The van der Waals surface area contributed by atoms with Crippen molar-refractivity contribution in [2.75, 3.05) is 26.4 Å². The predicted molar refractivity (Wildman–Crippen MR) is 96.6 cm³/mol. The van der Waals surface area contributed by atoms with Gasteiger partial charge < -0.3 is 15.4 Å². The lowest BCUT2D eigenvalue weighted by Crippen LogP contribution is -2.24. The Morgan fingerprint density at radius 1 is 1.17 bits per heavy atom. The van der Waals surface area contributed by atoms with E-state index in [0.29, 0.717) is 18.1 Å². The number of nitrogens with one attached hydrogen (secondary N) is 1. The largest absolute Gasteiger partial charge is 0.492 e. The molecule has 0 unspecified atom stereocenters. The molecular weight excluding hydrogens is 288 g/mol. The van der Waals surface area contributed by atoms with Gasteiger partial charge >= 0.3 is 0 Å². The summed E-state index contributed by atoms with van der Waals surface area (Å²) in [6.45, 7) is 6.44. The molecule has 23 heavy (non-hydrogen) atoms. The standard InChI is InChI=1S/C18H24N4O/c1-6-23-18-10-16(17(22(4)5)9-14(18)20)21-15-8-7-13(19)11(2)12(15)3/h7-10,20H,6,19H2,1-5H3. The van der Waals surface area contributed by atoms with Crippen LogP contribution in [0.4, 0.5) is 11.4 Å². The molecule has 1 aliphatic carbocycles. The Morgan fingerprint density at radius 2 is 1.87 bits per heavy atom. The number of anilines is 1. The summed E-state index contributed by atoms with van der Waals surface area (Å²) in [6.07, 6.45) is 3.61. The molecule has 0 aliphatic heterocycles. The first kappa shape index (κ1) is 16.8. The Morgan fingerprint density at radius 3 is 2.48 bits per heavy atom. The molecule has 5 nitrogen and oxygen atoms in total. The lowest BCUT2D eigenvalue weighted by molar-refractivity contribution is 0.249. The van der Waals surface area contributed by atoms with E-state index < -0.39 is 0 Å². The Labute approximate surface area is 137 Å². The maximum atomic E-state index is 8.08. The highest BCUT2D eigenvalue weighted by Crippen LogP contribution is 2.28. The Bertz CT molecular complexity index is 727. The topological polar surface area (TPSA) is 74.7 Å². The van der Waals surface area contributed by atoms with Crippen molar-refractivity contribution in [3.63, 3.8) is 0 Å². The van der Waals surface area contributed by atoms with Gasteiger partial charge in [-0.3, -0.25) is 5.41 Å². The van der Waals surface area contributed by atoms with Gasteiger partial charge in [-0.15, -0.1) is 0 Å². The van der Waals surface area contributed by atoms with Crippen molar-refractivity contribution in [3.8, 4) is 0 Å². The van der Waals surface area contributed by atoms with Crippen molar-refractivity contribution >= 4 is 22.8 Å². The van der Waals surface area contributed by atoms with Crippen LogP contribution in [-0.4, -0.2) is 37.0 Å². The summed E-state index contributed by atoms with van der Waals surface area (Å²) in [4.78, 5) is 6.74. The third-order valence-corrected chi connectivity index (χ3v) is 3.90. The number of nitrogen functional groups attached to an aromatic ring is 1. The van der Waals surface area contributed by atoms with E-state index in [1.54, 1.807) is 6.08 Å². The first-order valence-electron chi connectivity index (χ1n) is 7.62. The Balaban J connectivity index is 2.54. The summed E-state index contributed by atoms with van der Waals surface area (Å²) in [6, 6.07) is 3.80. The van der Waals surface area contributed by atoms with E-state index in [1.807, 2.05) is 58.0 Å². The molecule has 1 aromatic carbocycles. The molecule has 122 valence electrons. The van der Waals surface area contributed by atoms with Crippen molar-refractivity contribution in [1.29, 1.82) is 5.41 Å². The lowest BCUT2D eigenvalue weighted by Gasteiger charge is -2.23. The minimum Gasteiger partial charge on any atom is -0.492 e. The SMILES string of the molecule is CCOC1=CC(=Nc2ccc(N)c(C)c2C)C(N(C)C)=CC1=N. The van der Waals surface area contributed by atoms with E-state index in [2.05, 4.69) is 0 Å². The van der Waals surface area contributed by atoms with Crippen LogP contribution in [-0.2, 0) is 4.74 Å². The average Bonchev–Trinajstić information content (AvgIpc) is 2.50. The second-order valence-corrected chi connectivity index (χ2v) is 5.70. The summed E-state index contributed by atoms with van der Waals surface area (Å²) >= 11 is 0. The number of hydrogen-bond donors (Lipinski definition) is 2. The molecule has 0 aromatic heterocycles. The average molecular weight is 312 g/mol. The van der Waals surface area contributed by atoms with Crippen molar-refractivity contribution < 1.29 is 4.74 Å². The van der Waals surface area contributed by atoms with E-state index in [4.69, 9.17) is 20.9 Å². The molecule has 0 saturated heterocycles. The zero-order chi connectivity index (χ0) is 17.1. The van der Waals surface area contributed by atoms with Gasteiger partial charge in [0.15, 0.2) is 0 Å². The highest BCUT2D eigenvalue weighted by molar-refractivity contribution is 6.22. The van der Waals surface area contributed by atoms with E-state index in [0.717, 1.165) is 33.9 Å². The van der Waals surface area contributed by atoms with Crippen molar-refractivity contribution in [2.45, 2.75) is 20.8 Å². The quantitative estimate of drug-likeness (QED) is 0.661. The maximum absolute atomic E-state index is 8.08. The zero-order valence-electron chi connectivity index (χ0n) is 14.4. The van der Waals surface area contributed by atoms with E-state index in [-0.39, 0.29) is 0 Å². The normalized spacial score (nSPS) is 16.2. The van der Waals surface area contributed by atoms with E-state index in [1.165, 1.54) is 0 Å². The van der Waals surface area contributed by atoms with Crippen molar-refractivity contribution in [2.24, 2.45) is 4.99 Å². The Hall–Kier alpha value is -2.56. The van der Waals surface area contributed by atoms with Gasteiger partial charge in [-0.1, -0.05) is 0 Å². The zero-order valence-corrected chi connectivity index (χ0v) is 14.4. The molecule has 3 N–H and O–H groups in total. The molecule has 0 fully saturated rings. The summed E-state index contributed by atoms with van der Waals surface area (Å²) in [5, 5.41) is 8.08. The fraction of sp³-hybridized carbons (Fsp3) is 0.333. The number of rotatable bonds is 4. The van der Waals surface area contributed by atoms with Crippen LogP contribution in [0.1, 0.15) is 18.1 Å². The number of ether oxygens (including phenoxy) is 1. The minimum atomic E-state index is 0.361. The first-order chi connectivity index (χ1) is 10.8. The van der Waals surface area contributed by atoms with Gasteiger partial charge in [0, 0.05) is 25.9 Å². The molecule has 2 rings (SSSR count). The monoisotopic (exact) mass is 312 g/mol. The molecule has 1 aliphatic rings. The molecule has 0 spiro atoms. The third kappa shape index (κ3) is 3.44. The van der Waals surface area contributed by atoms with E-state index in [9.17, 15) is 0 Å². The molecule has 0 amide bonds. The molecule has 0 radical (unpaired) electrons. The fourth-order valence-corrected chi connectivity index (χ4v) is 2.36. The Kier molecular flexibility index (Phi) is 4.89. The molecular formula is C18H24N4O. The van der Waals surface area contributed by atoms with Crippen LogP contribution in [0.5, 0.6) is 0 Å². The second-order valence-electron chi connectivity index (χ2n) is 5.70. The molecule has 0 saturated carbocycles. The summed E-state index contributed by atoms with van der Waals surface area (Å²) in [5.74, 6) is 0.543. The summed E-state index contributed by atoms with van der Waals surface area (Å²) in [5.41, 5.74) is 11.7. The van der Waals surface area contributed by atoms with Gasteiger partial charge in [0.25, 0.3) is 0 Å².